The van der Waals surface area contributed by atoms with Gasteiger partial charge in [0.25, 0.3) is 0 Å². The Hall–Kier alpha value is 0.535. The molecular weight excluding hydrogens is 174 g/mol. The molecule has 0 N–H and O–H groups in total. The van der Waals surface area contributed by atoms with Crippen LogP contribution < -0.4 is 0 Å². The molecule has 0 nitrogen and oxygen atoms in total. The molecule has 0 aliphatic rings. The summed E-state index contributed by atoms with van der Waals surface area (Å²) in [7, 11) is 0. The Labute approximate surface area is 48.4 Å². The maximum absolute atomic E-state index is 3.47. The van der Waals surface area contributed by atoms with E-state index in [2.05, 4.69) is 29.2 Å². The molecular formula is C3H8BI. The molecule has 30 valence electrons. The molecule has 0 aromatic carbocycles. The van der Waals surface area contributed by atoms with Crippen LogP contribution in [0.3, 0.4) is 0 Å². The van der Waals surface area contributed by atoms with Crippen molar-refractivity contribution in [2.75, 3.05) is 4.43 Å². The molecule has 0 rings (SSSR count). The largest absolute Gasteiger partial charge is 0.102 e. The highest BCUT2D eigenvalue weighted by Crippen LogP contribution is 1.75. The first-order chi connectivity index (χ1) is 1.91. The van der Waals surface area contributed by atoms with Gasteiger partial charge in [-0.1, -0.05) is 28.7 Å². The molecule has 0 aromatic rings. The quantitative estimate of drug-likeness (QED) is 0.238. The second-order valence-electron chi connectivity index (χ2n) is 0.443. The highest BCUT2D eigenvalue weighted by Gasteiger charge is 1.47. The fraction of sp³-hybridized carbons (Fsp3) is 0.333. The van der Waals surface area contributed by atoms with Crippen molar-refractivity contribution in [3.05, 3.63) is 12.7 Å². The van der Waals surface area contributed by atoms with Crippen molar-refractivity contribution in [3.63, 3.8) is 0 Å². The van der Waals surface area contributed by atoms with Crippen LogP contribution in [0.4, 0.5) is 0 Å². The summed E-state index contributed by atoms with van der Waals surface area (Å²) < 4.78 is 1.05. The summed E-state index contributed by atoms with van der Waals surface area (Å²) in [4.78, 5) is 0. The molecule has 2 heteroatoms. The molecule has 0 bridgehead atoms. The molecule has 0 aliphatic heterocycles. The van der Waals surface area contributed by atoms with Crippen molar-refractivity contribution < 1.29 is 0 Å². The van der Waals surface area contributed by atoms with Gasteiger partial charge in [0.2, 0.25) is 0 Å². The smallest absolute Gasteiger partial charge is 0.0814 e. The van der Waals surface area contributed by atoms with Crippen molar-refractivity contribution in [1.29, 1.82) is 0 Å². The highest BCUT2D eigenvalue weighted by molar-refractivity contribution is 14.1. The van der Waals surface area contributed by atoms with E-state index in [0.29, 0.717) is 0 Å². The van der Waals surface area contributed by atoms with Gasteiger partial charge < -0.3 is 0 Å². The third kappa shape index (κ3) is 12.4. The number of alkyl halides is 1. The second-order valence-corrected chi connectivity index (χ2v) is 1.32. The maximum Gasteiger partial charge on any atom is 0.0814 e. The average molecular weight is 182 g/mol. The average Bonchev–Trinajstić information content (AvgIpc) is 1.37. The minimum Gasteiger partial charge on any atom is -0.102 e. The molecule has 0 unspecified atom stereocenters. The molecule has 0 heterocycles. The first-order valence-electron chi connectivity index (χ1n) is 1.08. The lowest BCUT2D eigenvalue weighted by Gasteiger charge is -1.55. The van der Waals surface area contributed by atoms with Crippen molar-refractivity contribution in [2.45, 2.75) is 0 Å². The fourth-order valence-corrected chi connectivity index (χ4v) is 0. The van der Waals surface area contributed by atoms with Crippen molar-refractivity contribution in [2.24, 2.45) is 0 Å². The third-order valence-electron chi connectivity index (χ3n) is 0.109. The van der Waals surface area contributed by atoms with E-state index in [9.17, 15) is 0 Å². The molecule has 0 fully saturated rings. The zero-order chi connectivity index (χ0) is 3.41. The molecule has 0 spiro atoms. The van der Waals surface area contributed by atoms with Crippen LogP contribution in [0.25, 0.3) is 0 Å². The molecule has 0 aromatic heterocycles. The van der Waals surface area contributed by atoms with Crippen LogP contribution in [0.1, 0.15) is 0 Å². The van der Waals surface area contributed by atoms with Crippen LogP contribution in [-0.2, 0) is 0 Å². The van der Waals surface area contributed by atoms with Gasteiger partial charge in [0.05, 0.1) is 8.41 Å². The van der Waals surface area contributed by atoms with Gasteiger partial charge in [-0.25, -0.2) is 0 Å². The molecule has 0 saturated carbocycles. The van der Waals surface area contributed by atoms with E-state index in [0.717, 1.165) is 4.43 Å². The van der Waals surface area contributed by atoms with Crippen LogP contribution in [0, 0.1) is 0 Å². The van der Waals surface area contributed by atoms with Gasteiger partial charge >= 0.3 is 0 Å². The third-order valence-corrected chi connectivity index (χ3v) is 0.732. The minimum absolute atomic E-state index is 0. The predicted octanol–water partition coefficient (Wildman–Crippen LogP) is 0.424. The summed E-state index contributed by atoms with van der Waals surface area (Å²) in [5, 5.41) is 0. The standard InChI is InChI=1S/C3H5I.BH3/c1-2-3-4;/h2H,1,3H2;1H3. The maximum atomic E-state index is 3.47. The van der Waals surface area contributed by atoms with E-state index in [1.165, 1.54) is 0 Å². The van der Waals surface area contributed by atoms with Gasteiger partial charge in [-0.05, 0) is 0 Å². The van der Waals surface area contributed by atoms with Gasteiger partial charge in [-0.2, -0.15) is 0 Å². The van der Waals surface area contributed by atoms with Crippen molar-refractivity contribution in [3.8, 4) is 0 Å². The topological polar surface area (TPSA) is 0 Å². The summed E-state index contributed by atoms with van der Waals surface area (Å²) in [6, 6.07) is 0. The van der Waals surface area contributed by atoms with Gasteiger partial charge in [0.15, 0.2) is 0 Å². The first kappa shape index (κ1) is 9.11. The molecule has 0 atom stereocenters. The normalized spacial score (nSPS) is 5.00. The van der Waals surface area contributed by atoms with E-state index >= 15 is 0 Å². The fourth-order valence-electron chi connectivity index (χ4n) is 0. The molecule has 0 aliphatic carbocycles. The number of hydrogen-bond donors (Lipinski definition) is 0. The summed E-state index contributed by atoms with van der Waals surface area (Å²) in [6.45, 7) is 3.47. The SMILES string of the molecule is B.C=CCI. The Balaban J connectivity index is 0. The van der Waals surface area contributed by atoms with E-state index in [-0.39, 0.29) is 8.41 Å². The molecule has 0 radical (unpaired) electrons. The van der Waals surface area contributed by atoms with Gasteiger partial charge in [-0.15, -0.1) is 6.58 Å². The zero-order valence-corrected chi connectivity index (χ0v) is 4.53. The summed E-state index contributed by atoms with van der Waals surface area (Å²) in [6.07, 6.45) is 1.86. The molecule has 0 amide bonds. The van der Waals surface area contributed by atoms with Crippen molar-refractivity contribution >= 4 is 31.0 Å². The lowest BCUT2D eigenvalue weighted by atomic mass is 10.8. The number of halogens is 1. The van der Waals surface area contributed by atoms with Crippen LogP contribution in [-0.4, -0.2) is 12.8 Å². The number of allylic oxidation sites excluding steroid dienone is 1. The summed E-state index contributed by atoms with van der Waals surface area (Å²) in [5.74, 6) is 0. The Morgan fingerprint density at radius 3 is 2.00 bits per heavy atom. The zero-order valence-electron chi connectivity index (χ0n) is 2.37. The Bertz CT molecular complexity index is 20.9. The van der Waals surface area contributed by atoms with E-state index in [1.54, 1.807) is 0 Å². The van der Waals surface area contributed by atoms with Crippen molar-refractivity contribution in [1.82, 2.24) is 0 Å². The highest BCUT2D eigenvalue weighted by atomic mass is 127. The van der Waals surface area contributed by atoms with E-state index < -0.39 is 0 Å². The second kappa shape index (κ2) is 8.82. The van der Waals surface area contributed by atoms with E-state index in [4.69, 9.17) is 0 Å². The van der Waals surface area contributed by atoms with Gasteiger partial charge in [0, 0.05) is 4.43 Å². The van der Waals surface area contributed by atoms with Crippen LogP contribution in [0.5, 0.6) is 0 Å². The van der Waals surface area contributed by atoms with Gasteiger partial charge in [-0.3, -0.25) is 0 Å². The molecule has 0 saturated heterocycles. The van der Waals surface area contributed by atoms with Crippen LogP contribution in [0.15, 0.2) is 12.7 Å². The van der Waals surface area contributed by atoms with Crippen LogP contribution >= 0.6 is 22.6 Å². The number of rotatable bonds is 1. The number of hydrogen-bond acceptors (Lipinski definition) is 0. The monoisotopic (exact) mass is 182 g/mol. The Morgan fingerprint density at radius 1 is 1.80 bits per heavy atom. The molecule has 5 heavy (non-hydrogen) atoms. The lowest BCUT2D eigenvalue weighted by molar-refractivity contribution is 1.90. The Kier molecular flexibility index (Phi) is 16.1. The summed E-state index contributed by atoms with van der Waals surface area (Å²) in [5.41, 5.74) is 0. The first-order valence-corrected chi connectivity index (χ1v) is 2.61. The predicted molar refractivity (Wildman–Crippen MR) is 39.0 cm³/mol. The van der Waals surface area contributed by atoms with E-state index in [1.807, 2.05) is 6.08 Å². The lowest BCUT2D eigenvalue weighted by Crippen LogP contribution is -1.43. The Morgan fingerprint density at radius 2 is 2.00 bits per heavy atom. The van der Waals surface area contributed by atoms with Crippen LogP contribution in [0.2, 0.25) is 0 Å². The summed E-state index contributed by atoms with van der Waals surface area (Å²) >= 11 is 2.23. The minimum atomic E-state index is 0. The van der Waals surface area contributed by atoms with Gasteiger partial charge in [0.1, 0.15) is 0 Å².